The predicted octanol–water partition coefficient (Wildman–Crippen LogP) is 1.32. The van der Waals surface area contributed by atoms with Crippen LogP contribution < -0.4 is 5.32 Å². The van der Waals surface area contributed by atoms with Gasteiger partial charge in [-0.3, -0.25) is 4.79 Å². The van der Waals surface area contributed by atoms with E-state index >= 15 is 0 Å². The van der Waals surface area contributed by atoms with Gasteiger partial charge in [0.2, 0.25) is 5.91 Å². The maximum absolute atomic E-state index is 12.5. The van der Waals surface area contributed by atoms with Crippen molar-refractivity contribution in [3.63, 3.8) is 0 Å². The van der Waals surface area contributed by atoms with E-state index in [1.807, 2.05) is 0 Å². The molecule has 1 saturated carbocycles. The highest BCUT2D eigenvalue weighted by molar-refractivity contribution is 5.84. The van der Waals surface area contributed by atoms with Crippen molar-refractivity contribution in [3.8, 4) is 0 Å². The molecule has 1 heterocycles. The van der Waals surface area contributed by atoms with E-state index in [4.69, 9.17) is 0 Å². The molecule has 0 aromatic carbocycles. The van der Waals surface area contributed by atoms with Crippen molar-refractivity contribution in [1.29, 1.82) is 0 Å². The van der Waals surface area contributed by atoms with Crippen molar-refractivity contribution in [2.24, 2.45) is 5.92 Å². The van der Waals surface area contributed by atoms with Gasteiger partial charge in [0, 0.05) is 25.2 Å². The molecule has 2 rings (SSSR count). The van der Waals surface area contributed by atoms with Gasteiger partial charge in [-0.05, 0) is 45.7 Å². The van der Waals surface area contributed by atoms with E-state index in [9.17, 15) is 4.79 Å². The first-order chi connectivity index (χ1) is 8.97. The Balaban J connectivity index is 1.94. The van der Waals surface area contributed by atoms with Crippen LogP contribution in [0.15, 0.2) is 0 Å². The molecule has 2 aliphatic rings. The van der Waals surface area contributed by atoms with Gasteiger partial charge in [0.05, 0.1) is 6.04 Å². The van der Waals surface area contributed by atoms with Crippen molar-refractivity contribution in [2.75, 3.05) is 27.2 Å². The molecule has 1 N–H and O–H groups in total. The van der Waals surface area contributed by atoms with Crippen LogP contribution in [0.3, 0.4) is 0 Å². The predicted molar refractivity (Wildman–Crippen MR) is 78.1 cm³/mol. The number of likely N-dealkylation sites (tertiary alicyclic amines) is 1. The smallest absolute Gasteiger partial charge is 0.240 e. The van der Waals surface area contributed by atoms with E-state index < -0.39 is 0 Å². The van der Waals surface area contributed by atoms with E-state index in [0.717, 1.165) is 25.9 Å². The summed E-state index contributed by atoms with van der Waals surface area (Å²) < 4.78 is 0. The van der Waals surface area contributed by atoms with Crippen LogP contribution in [-0.4, -0.2) is 61.0 Å². The molecule has 0 aromatic heterocycles. The Kier molecular flexibility index (Phi) is 4.85. The van der Waals surface area contributed by atoms with Gasteiger partial charge in [-0.15, -0.1) is 0 Å². The zero-order valence-electron chi connectivity index (χ0n) is 12.9. The average molecular weight is 267 g/mol. The van der Waals surface area contributed by atoms with Gasteiger partial charge in [-0.2, -0.15) is 0 Å². The normalized spacial score (nSPS) is 25.7. The maximum atomic E-state index is 12.5. The minimum atomic E-state index is 0.0873. The van der Waals surface area contributed by atoms with Gasteiger partial charge in [-0.1, -0.05) is 13.8 Å². The third-order valence-corrected chi connectivity index (χ3v) is 4.01. The van der Waals surface area contributed by atoms with Crippen molar-refractivity contribution in [2.45, 2.75) is 57.7 Å². The Morgan fingerprint density at radius 2 is 2.00 bits per heavy atom. The number of nitrogens with zero attached hydrogens (tertiary/aromatic N) is 2. The molecule has 1 aliphatic heterocycles. The molecule has 0 spiro atoms. The lowest BCUT2D eigenvalue weighted by Gasteiger charge is -2.32. The molecule has 2 fully saturated rings. The summed E-state index contributed by atoms with van der Waals surface area (Å²) in [5.41, 5.74) is 0. The summed E-state index contributed by atoms with van der Waals surface area (Å²) in [6.07, 6.45) is 4.57. The summed E-state index contributed by atoms with van der Waals surface area (Å²) in [4.78, 5) is 16.8. The van der Waals surface area contributed by atoms with Crippen LogP contribution in [0.5, 0.6) is 0 Å². The number of amides is 1. The minimum absolute atomic E-state index is 0.0873. The van der Waals surface area contributed by atoms with Crippen molar-refractivity contribution < 1.29 is 4.79 Å². The van der Waals surface area contributed by atoms with Crippen LogP contribution >= 0.6 is 0 Å². The molecule has 19 heavy (non-hydrogen) atoms. The summed E-state index contributed by atoms with van der Waals surface area (Å²) in [5, 5.41) is 3.49. The topological polar surface area (TPSA) is 35.6 Å². The number of carbonyl (C=O) groups excluding carboxylic acids is 1. The maximum Gasteiger partial charge on any atom is 0.240 e. The lowest BCUT2D eigenvalue weighted by molar-refractivity contribution is -0.132. The number of rotatable bonds is 7. The molecule has 4 nitrogen and oxygen atoms in total. The van der Waals surface area contributed by atoms with Crippen LogP contribution in [0.4, 0.5) is 0 Å². The molecule has 2 atom stereocenters. The van der Waals surface area contributed by atoms with Crippen molar-refractivity contribution in [1.82, 2.24) is 15.1 Å². The Morgan fingerprint density at radius 3 is 2.53 bits per heavy atom. The molecule has 0 radical (unpaired) electrons. The Bertz CT molecular complexity index is 303. The second-order valence-electron chi connectivity index (χ2n) is 6.86. The Hall–Kier alpha value is -0.610. The summed E-state index contributed by atoms with van der Waals surface area (Å²) in [6.45, 7) is 6.38. The zero-order chi connectivity index (χ0) is 14.0. The monoisotopic (exact) mass is 267 g/mol. The van der Waals surface area contributed by atoms with Crippen LogP contribution in [0.2, 0.25) is 0 Å². The summed E-state index contributed by atoms with van der Waals surface area (Å²) in [5.74, 6) is 0.965. The molecule has 1 saturated heterocycles. The Labute approximate surface area is 117 Å². The number of hydrogen-bond donors (Lipinski definition) is 1. The molecular formula is C15H29N3O. The van der Waals surface area contributed by atoms with Gasteiger partial charge in [0.25, 0.3) is 0 Å². The number of likely N-dealkylation sites (N-methyl/N-ethyl adjacent to an activating group) is 1. The third-order valence-electron chi connectivity index (χ3n) is 4.01. The van der Waals surface area contributed by atoms with E-state index in [1.165, 1.54) is 12.8 Å². The second-order valence-corrected chi connectivity index (χ2v) is 6.86. The standard InChI is InChI=1S/C15H29N3O/c1-11(2)9-13(10-17(3)4)18-8-7-14(15(18)19)16-12-5-6-12/h11-14,16H,5-10H2,1-4H3. The molecule has 110 valence electrons. The highest BCUT2D eigenvalue weighted by Gasteiger charge is 2.38. The van der Waals surface area contributed by atoms with Gasteiger partial charge in [-0.25, -0.2) is 0 Å². The highest BCUT2D eigenvalue weighted by Crippen LogP contribution is 2.25. The molecule has 0 aromatic rings. The van der Waals surface area contributed by atoms with Gasteiger partial charge in [0.1, 0.15) is 0 Å². The van der Waals surface area contributed by atoms with Gasteiger partial charge in [0.15, 0.2) is 0 Å². The quantitative estimate of drug-likeness (QED) is 0.755. The number of carbonyl (C=O) groups is 1. The molecule has 2 unspecified atom stereocenters. The summed E-state index contributed by atoms with van der Waals surface area (Å²) in [6, 6.07) is 1.07. The fourth-order valence-electron chi connectivity index (χ4n) is 3.02. The van der Waals surface area contributed by atoms with Crippen LogP contribution in [0, 0.1) is 5.92 Å². The number of hydrogen-bond acceptors (Lipinski definition) is 3. The first kappa shape index (κ1) is 14.8. The van der Waals surface area contributed by atoms with Crippen LogP contribution in [0.25, 0.3) is 0 Å². The van der Waals surface area contributed by atoms with E-state index in [2.05, 4.69) is 43.1 Å². The van der Waals surface area contributed by atoms with E-state index in [1.54, 1.807) is 0 Å². The first-order valence-corrected chi connectivity index (χ1v) is 7.68. The van der Waals surface area contributed by atoms with Gasteiger partial charge < -0.3 is 15.1 Å². The highest BCUT2D eigenvalue weighted by atomic mass is 16.2. The zero-order valence-corrected chi connectivity index (χ0v) is 12.9. The third kappa shape index (κ3) is 4.18. The average Bonchev–Trinajstić information content (AvgIpc) is 3.02. The van der Waals surface area contributed by atoms with Gasteiger partial charge >= 0.3 is 0 Å². The van der Waals surface area contributed by atoms with Crippen molar-refractivity contribution in [3.05, 3.63) is 0 Å². The van der Waals surface area contributed by atoms with E-state index in [0.29, 0.717) is 23.9 Å². The summed E-state index contributed by atoms with van der Waals surface area (Å²) >= 11 is 0. The lowest BCUT2D eigenvalue weighted by Crippen LogP contribution is -2.47. The fourth-order valence-corrected chi connectivity index (χ4v) is 3.02. The molecular weight excluding hydrogens is 238 g/mol. The SMILES string of the molecule is CC(C)CC(CN(C)C)N1CCC(NC2CC2)C1=O. The second kappa shape index (κ2) is 6.23. The fraction of sp³-hybridized carbons (Fsp3) is 0.933. The lowest BCUT2D eigenvalue weighted by atomic mass is 10.0. The molecule has 4 heteroatoms. The van der Waals surface area contributed by atoms with E-state index in [-0.39, 0.29) is 6.04 Å². The van der Waals surface area contributed by atoms with Crippen LogP contribution in [-0.2, 0) is 4.79 Å². The van der Waals surface area contributed by atoms with Crippen LogP contribution in [0.1, 0.15) is 39.5 Å². The minimum Gasteiger partial charge on any atom is -0.337 e. The molecule has 0 bridgehead atoms. The first-order valence-electron chi connectivity index (χ1n) is 7.68. The number of nitrogens with one attached hydrogen (secondary N) is 1. The molecule has 1 amide bonds. The Morgan fingerprint density at radius 1 is 1.32 bits per heavy atom. The largest absolute Gasteiger partial charge is 0.337 e. The van der Waals surface area contributed by atoms with Crippen molar-refractivity contribution >= 4 is 5.91 Å². The summed E-state index contributed by atoms with van der Waals surface area (Å²) in [7, 11) is 4.18. The molecule has 1 aliphatic carbocycles.